The van der Waals surface area contributed by atoms with Crippen LogP contribution in [0.3, 0.4) is 0 Å². The molecule has 1 fully saturated rings. The highest BCUT2D eigenvalue weighted by Gasteiger charge is 2.29. The summed E-state index contributed by atoms with van der Waals surface area (Å²) >= 11 is 6.07. The third-order valence-electron chi connectivity index (χ3n) is 3.88. The maximum atomic E-state index is 12.5. The Morgan fingerprint density at radius 2 is 2.24 bits per heavy atom. The Labute approximate surface area is 129 Å². The topological polar surface area (TPSA) is 33.2 Å². The number of benzene rings is 1. The first kappa shape index (κ1) is 14.1. The first-order valence-corrected chi connectivity index (χ1v) is 7.55. The number of aromatic nitrogens is 1. The summed E-state index contributed by atoms with van der Waals surface area (Å²) in [6, 6.07) is 11.8. The van der Waals surface area contributed by atoms with Crippen molar-refractivity contribution in [3.63, 3.8) is 0 Å². The fraction of sp³-hybridized carbons (Fsp3) is 0.294. The molecule has 2 heterocycles. The molecule has 1 amide bonds. The normalized spacial score (nSPS) is 18.0. The van der Waals surface area contributed by atoms with E-state index >= 15 is 0 Å². The molecule has 108 valence electrons. The van der Waals surface area contributed by atoms with Gasteiger partial charge in [-0.25, -0.2) is 0 Å². The number of carbonyl (C=O) groups excluding carboxylic acids is 1. The molecule has 21 heavy (non-hydrogen) atoms. The molecule has 1 saturated heterocycles. The Balaban J connectivity index is 1.76. The van der Waals surface area contributed by atoms with Gasteiger partial charge in [0.15, 0.2) is 0 Å². The van der Waals surface area contributed by atoms with Crippen LogP contribution >= 0.6 is 11.6 Å². The zero-order valence-electron chi connectivity index (χ0n) is 11.7. The SMILES string of the molecule is O=C(Cc1cccnc1)N1CCC[C@H]1c1cccc(Cl)c1. The average Bonchev–Trinajstić information content (AvgIpc) is 2.98. The Morgan fingerprint density at radius 3 is 3.00 bits per heavy atom. The van der Waals surface area contributed by atoms with E-state index in [2.05, 4.69) is 4.98 Å². The summed E-state index contributed by atoms with van der Waals surface area (Å²) in [4.78, 5) is 18.6. The summed E-state index contributed by atoms with van der Waals surface area (Å²) in [6.45, 7) is 0.816. The lowest BCUT2D eigenvalue weighted by molar-refractivity contribution is -0.131. The maximum absolute atomic E-state index is 12.5. The predicted molar refractivity (Wildman–Crippen MR) is 83.1 cm³/mol. The summed E-state index contributed by atoms with van der Waals surface area (Å²) in [6.07, 6.45) is 5.92. The van der Waals surface area contributed by atoms with E-state index in [1.54, 1.807) is 12.4 Å². The molecule has 0 saturated carbocycles. The highest BCUT2D eigenvalue weighted by atomic mass is 35.5. The molecule has 0 spiro atoms. The molecule has 3 nitrogen and oxygen atoms in total. The van der Waals surface area contributed by atoms with E-state index in [0.717, 1.165) is 35.5 Å². The highest BCUT2D eigenvalue weighted by Crippen LogP contribution is 2.33. The minimum atomic E-state index is 0.146. The van der Waals surface area contributed by atoms with Gasteiger partial charge in [0, 0.05) is 24.0 Å². The van der Waals surface area contributed by atoms with Crippen molar-refractivity contribution in [2.24, 2.45) is 0 Å². The molecule has 0 N–H and O–H groups in total. The van der Waals surface area contributed by atoms with Crippen LogP contribution in [0.5, 0.6) is 0 Å². The second kappa shape index (κ2) is 6.27. The third-order valence-corrected chi connectivity index (χ3v) is 4.12. The van der Waals surface area contributed by atoms with Gasteiger partial charge in [-0.2, -0.15) is 0 Å². The van der Waals surface area contributed by atoms with E-state index < -0.39 is 0 Å². The van der Waals surface area contributed by atoms with Gasteiger partial charge in [-0.05, 0) is 42.2 Å². The van der Waals surface area contributed by atoms with Gasteiger partial charge < -0.3 is 4.90 Å². The van der Waals surface area contributed by atoms with E-state index in [1.165, 1.54) is 0 Å². The van der Waals surface area contributed by atoms with Crippen molar-refractivity contribution in [3.05, 3.63) is 64.9 Å². The molecule has 1 atom stereocenters. The number of nitrogens with zero attached hydrogens (tertiary/aromatic N) is 2. The molecule has 2 aromatic rings. The van der Waals surface area contributed by atoms with Gasteiger partial charge in [0.05, 0.1) is 12.5 Å². The molecule has 1 aliphatic rings. The number of halogens is 1. The number of likely N-dealkylation sites (tertiary alicyclic amines) is 1. The number of hydrogen-bond acceptors (Lipinski definition) is 2. The van der Waals surface area contributed by atoms with Gasteiger partial charge in [-0.15, -0.1) is 0 Å². The lowest BCUT2D eigenvalue weighted by atomic mass is 10.0. The second-order valence-electron chi connectivity index (χ2n) is 5.34. The van der Waals surface area contributed by atoms with Gasteiger partial charge in [0.1, 0.15) is 0 Å². The Morgan fingerprint density at radius 1 is 1.33 bits per heavy atom. The first-order chi connectivity index (χ1) is 10.2. The Hall–Kier alpha value is -1.87. The van der Waals surface area contributed by atoms with Gasteiger partial charge in [0.2, 0.25) is 5.91 Å². The quantitative estimate of drug-likeness (QED) is 0.867. The number of hydrogen-bond donors (Lipinski definition) is 0. The molecule has 3 rings (SSSR count). The van der Waals surface area contributed by atoms with Crippen LogP contribution in [0.15, 0.2) is 48.8 Å². The third kappa shape index (κ3) is 3.24. The standard InChI is InChI=1S/C17H17ClN2O/c18-15-6-1-5-14(11-15)16-7-3-9-20(16)17(21)10-13-4-2-8-19-12-13/h1-2,4-6,8,11-12,16H,3,7,9-10H2/t16-/m0/s1. The van der Waals surface area contributed by atoms with E-state index in [4.69, 9.17) is 11.6 Å². The van der Waals surface area contributed by atoms with Gasteiger partial charge in [-0.3, -0.25) is 9.78 Å². The maximum Gasteiger partial charge on any atom is 0.227 e. The number of pyridine rings is 1. The average molecular weight is 301 g/mol. The van der Waals surface area contributed by atoms with Crippen molar-refractivity contribution in [3.8, 4) is 0 Å². The van der Waals surface area contributed by atoms with Gasteiger partial charge in [-0.1, -0.05) is 29.8 Å². The molecule has 4 heteroatoms. The molecule has 1 aromatic heterocycles. The summed E-state index contributed by atoms with van der Waals surface area (Å²) in [5.74, 6) is 0.158. The van der Waals surface area contributed by atoms with E-state index in [0.29, 0.717) is 6.42 Å². The molecule has 0 unspecified atom stereocenters. The molecular weight excluding hydrogens is 284 g/mol. The first-order valence-electron chi connectivity index (χ1n) is 7.18. The van der Waals surface area contributed by atoms with Crippen molar-refractivity contribution < 1.29 is 4.79 Å². The number of rotatable bonds is 3. The predicted octanol–water partition coefficient (Wildman–Crippen LogP) is 3.64. The Kier molecular flexibility index (Phi) is 4.20. The van der Waals surface area contributed by atoms with Crippen molar-refractivity contribution in [1.29, 1.82) is 0 Å². The zero-order chi connectivity index (χ0) is 14.7. The Bertz CT molecular complexity index is 630. The van der Waals surface area contributed by atoms with E-state index in [1.807, 2.05) is 41.3 Å². The smallest absolute Gasteiger partial charge is 0.227 e. The summed E-state index contributed by atoms with van der Waals surface area (Å²) in [5.41, 5.74) is 2.08. The van der Waals surface area contributed by atoms with E-state index in [9.17, 15) is 4.79 Å². The van der Waals surface area contributed by atoms with Crippen molar-refractivity contribution in [2.75, 3.05) is 6.54 Å². The van der Waals surface area contributed by atoms with Crippen LogP contribution < -0.4 is 0 Å². The summed E-state index contributed by atoms with van der Waals surface area (Å²) in [7, 11) is 0. The molecule has 0 bridgehead atoms. The summed E-state index contributed by atoms with van der Waals surface area (Å²) in [5, 5.41) is 0.721. The fourth-order valence-corrected chi connectivity index (χ4v) is 3.10. The molecule has 1 aromatic carbocycles. The van der Waals surface area contributed by atoms with Gasteiger partial charge in [0.25, 0.3) is 0 Å². The van der Waals surface area contributed by atoms with Crippen molar-refractivity contribution in [1.82, 2.24) is 9.88 Å². The zero-order valence-corrected chi connectivity index (χ0v) is 12.5. The van der Waals surface area contributed by atoms with Gasteiger partial charge >= 0.3 is 0 Å². The molecule has 0 radical (unpaired) electrons. The van der Waals surface area contributed by atoms with Crippen LogP contribution in [0.2, 0.25) is 5.02 Å². The minimum absolute atomic E-state index is 0.146. The molecule has 1 aliphatic heterocycles. The number of amides is 1. The second-order valence-corrected chi connectivity index (χ2v) is 5.77. The van der Waals surface area contributed by atoms with Crippen LogP contribution in [0.25, 0.3) is 0 Å². The van der Waals surface area contributed by atoms with Crippen LogP contribution in [0, 0.1) is 0 Å². The number of carbonyl (C=O) groups is 1. The summed E-state index contributed by atoms with van der Waals surface area (Å²) < 4.78 is 0. The highest BCUT2D eigenvalue weighted by molar-refractivity contribution is 6.30. The lowest BCUT2D eigenvalue weighted by Gasteiger charge is -2.25. The van der Waals surface area contributed by atoms with Crippen LogP contribution in [-0.4, -0.2) is 22.3 Å². The molecule has 0 aliphatic carbocycles. The molecular formula is C17H17ClN2O. The van der Waals surface area contributed by atoms with Crippen LogP contribution in [-0.2, 0) is 11.2 Å². The minimum Gasteiger partial charge on any atom is -0.335 e. The van der Waals surface area contributed by atoms with Crippen LogP contribution in [0.4, 0.5) is 0 Å². The largest absolute Gasteiger partial charge is 0.335 e. The monoisotopic (exact) mass is 300 g/mol. The lowest BCUT2D eigenvalue weighted by Crippen LogP contribution is -2.31. The van der Waals surface area contributed by atoms with Crippen LogP contribution in [0.1, 0.15) is 30.0 Å². The van der Waals surface area contributed by atoms with E-state index in [-0.39, 0.29) is 11.9 Å². The van der Waals surface area contributed by atoms with Crippen molar-refractivity contribution >= 4 is 17.5 Å². The fourth-order valence-electron chi connectivity index (χ4n) is 2.90. The van der Waals surface area contributed by atoms with Crippen molar-refractivity contribution in [2.45, 2.75) is 25.3 Å².